The highest BCUT2D eigenvalue weighted by molar-refractivity contribution is 5.71. The lowest BCUT2D eigenvalue weighted by Gasteiger charge is -2.10. The maximum absolute atomic E-state index is 14.8. The summed E-state index contributed by atoms with van der Waals surface area (Å²) in [5.41, 5.74) is 5.69. The number of aromatic nitrogens is 4. The van der Waals surface area contributed by atoms with Crippen molar-refractivity contribution in [3.05, 3.63) is 84.0 Å². The molecule has 2 aromatic carbocycles. The second-order valence-electron chi connectivity index (χ2n) is 8.45. The number of benzene rings is 2. The minimum atomic E-state index is -0.354. The third-order valence-corrected chi connectivity index (χ3v) is 5.50. The fourth-order valence-corrected chi connectivity index (χ4v) is 3.99. The normalized spacial score (nSPS) is 11.6. The van der Waals surface area contributed by atoms with E-state index >= 15 is 0 Å². The number of rotatable bonds is 5. The average Bonchev–Trinajstić information content (AvgIpc) is 3.36. The summed E-state index contributed by atoms with van der Waals surface area (Å²) in [7, 11) is 4.10. The predicted octanol–water partition coefficient (Wildman–Crippen LogP) is 5.54. The molecule has 0 fully saturated rings. The summed E-state index contributed by atoms with van der Waals surface area (Å²) < 4.78 is 22.3. The molecule has 7 heteroatoms. The van der Waals surface area contributed by atoms with Gasteiger partial charge in [0.1, 0.15) is 5.82 Å². The summed E-state index contributed by atoms with van der Waals surface area (Å²) in [6.45, 7) is 4.56. The van der Waals surface area contributed by atoms with Crippen molar-refractivity contribution in [3.8, 4) is 33.7 Å². The lowest BCUT2D eigenvalue weighted by atomic mass is 10.1. The summed E-state index contributed by atoms with van der Waals surface area (Å²) >= 11 is 0. The van der Waals surface area contributed by atoms with Gasteiger partial charge in [0.05, 0.1) is 11.4 Å². The van der Waals surface area contributed by atoms with Crippen molar-refractivity contribution in [3.63, 3.8) is 0 Å². The van der Waals surface area contributed by atoms with E-state index in [-0.39, 0.29) is 5.82 Å². The quantitative estimate of drug-likeness (QED) is 0.359. The number of hydrogen-bond donors (Lipinski definition) is 0. The fourth-order valence-electron chi connectivity index (χ4n) is 3.99. The maximum atomic E-state index is 14.8. The molecular formula is C26H24FN5O. The standard InChI is InChI=1S/C26H24FN5O/c1-16-25(33-17(2)29-16)20-9-10-23(27)22(11-20)24-15-32-14-21(12-28-26(32)30-24)19-7-5-18(6-8-19)13-31(3)4/h5-12,14-15H,13H2,1-4H3. The van der Waals surface area contributed by atoms with Gasteiger partial charge in [-0.15, -0.1) is 0 Å². The Hall–Kier alpha value is -3.84. The van der Waals surface area contributed by atoms with E-state index in [0.29, 0.717) is 28.7 Å². The molecule has 0 radical (unpaired) electrons. The Balaban J connectivity index is 1.50. The number of oxazole rings is 1. The van der Waals surface area contributed by atoms with Crippen molar-refractivity contribution in [1.82, 2.24) is 24.3 Å². The van der Waals surface area contributed by atoms with Crippen LogP contribution in [0.15, 0.2) is 65.5 Å². The molecule has 5 aromatic rings. The zero-order valence-electron chi connectivity index (χ0n) is 19.0. The molecule has 0 N–H and O–H groups in total. The van der Waals surface area contributed by atoms with Crippen LogP contribution in [0, 0.1) is 19.7 Å². The molecule has 0 amide bonds. The highest BCUT2D eigenvalue weighted by Crippen LogP contribution is 2.31. The number of imidazole rings is 1. The van der Waals surface area contributed by atoms with E-state index < -0.39 is 0 Å². The zero-order chi connectivity index (χ0) is 23.1. The molecule has 0 aliphatic rings. The van der Waals surface area contributed by atoms with Gasteiger partial charge in [-0.2, -0.15) is 0 Å². The Morgan fingerprint density at radius 3 is 2.39 bits per heavy atom. The van der Waals surface area contributed by atoms with Crippen LogP contribution in [0.25, 0.3) is 39.5 Å². The SMILES string of the molecule is Cc1nc(C)c(-c2ccc(F)c(-c3cn4cc(-c5ccc(CN(C)C)cc5)cnc4n3)c2)o1. The van der Waals surface area contributed by atoms with Gasteiger partial charge in [-0.1, -0.05) is 24.3 Å². The van der Waals surface area contributed by atoms with Gasteiger partial charge in [0.25, 0.3) is 0 Å². The van der Waals surface area contributed by atoms with Gasteiger partial charge in [0, 0.05) is 48.7 Å². The molecule has 0 spiro atoms. The lowest BCUT2D eigenvalue weighted by Crippen LogP contribution is -2.10. The molecule has 0 saturated carbocycles. The van der Waals surface area contributed by atoms with Gasteiger partial charge in [-0.3, -0.25) is 4.40 Å². The van der Waals surface area contributed by atoms with Crippen molar-refractivity contribution in [2.45, 2.75) is 20.4 Å². The van der Waals surface area contributed by atoms with E-state index in [4.69, 9.17) is 4.42 Å². The number of nitrogens with zero attached hydrogens (tertiary/aromatic N) is 5. The number of halogens is 1. The third kappa shape index (κ3) is 4.15. The van der Waals surface area contributed by atoms with Crippen LogP contribution >= 0.6 is 0 Å². The highest BCUT2D eigenvalue weighted by atomic mass is 19.1. The predicted molar refractivity (Wildman–Crippen MR) is 126 cm³/mol. The topological polar surface area (TPSA) is 59.5 Å². The molecule has 6 nitrogen and oxygen atoms in total. The van der Waals surface area contributed by atoms with Crippen LogP contribution < -0.4 is 0 Å². The second kappa shape index (κ2) is 8.26. The van der Waals surface area contributed by atoms with Crippen molar-refractivity contribution in [1.29, 1.82) is 0 Å². The first-order valence-corrected chi connectivity index (χ1v) is 10.7. The third-order valence-electron chi connectivity index (χ3n) is 5.50. The van der Waals surface area contributed by atoms with E-state index in [1.807, 2.05) is 17.5 Å². The monoisotopic (exact) mass is 441 g/mol. The maximum Gasteiger partial charge on any atom is 0.234 e. The number of fused-ring (bicyclic) bond motifs is 1. The minimum absolute atomic E-state index is 0.354. The van der Waals surface area contributed by atoms with E-state index in [0.717, 1.165) is 28.9 Å². The Morgan fingerprint density at radius 2 is 1.70 bits per heavy atom. The van der Waals surface area contributed by atoms with Gasteiger partial charge in [0.15, 0.2) is 11.7 Å². The van der Waals surface area contributed by atoms with Gasteiger partial charge < -0.3 is 9.32 Å². The van der Waals surface area contributed by atoms with E-state index in [1.54, 1.807) is 31.5 Å². The molecule has 0 aliphatic carbocycles. The Morgan fingerprint density at radius 1 is 0.939 bits per heavy atom. The van der Waals surface area contributed by atoms with Crippen LogP contribution in [0.1, 0.15) is 17.1 Å². The van der Waals surface area contributed by atoms with Crippen molar-refractivity contribution >= 4 is 5.78 Å². The molecule has 0 saturated heterocycles. The fraction of sp³-hybridized carbons (Fsp3) is 0.192. The van der Waals surface area contributed by atoms with Gasteiger partial charge in [0.2, 0.25) is 5.78 Å². The smallest absolute Gasteiger partial charge is 0.234 e. The molecule has 0 aliphatic heterocycles. The molecule has 3 heterocycles. The zero-order valence-corrected chi connectivity index (χ0v) is 19.0. The number of aryl methyl sites for hydroxylation is 2. The Labute approximate surface area is 191 Å². The van der Waals surface area contributed by atoms with Crippen LogP contribution in [0.5, 0.6) is 0 Å². The van der Waals surface area contributed by atoms with Crippen molar-refractivity contribution in [2.24, 2.45) is 0 Å². The summed E-state index contributed by atoms with van der Waals surface area (Å²) in [5, 5.41) is 0. The molecule has 166 valence electrons. The summed E-state index contributed by atoms with van der Waals surface area (Å²) in [5.74, 6) is 1.37. The lowest BCUT2D eigenvalue weighted by molar-refractivity contribution is 0.402. The van der Waals surface area contributed by atoms with E-state index in [2.05, 4.69) is 58.2 Å². The Kier molecular flexibility index (Phi) is 5.26. The second-order valence-corrected chi connectivity index (χ2v) is 8.45. The van der Waals surface area contributed by atoms with Crippen LogP contribution in [0.2, 0.25) is 0 Å². The van der Waals surface area contributed by atoms with Crippen LogP contribution in [0.3, 0.4) is 0 Å². The summed E-state index contributed by atoms with van der Waals surface area (Å²) in [6, 6.07) is 13.3. The average molecular weight is 442 g/mol. The minimum Gasteiger partial charge on any atom is -0.441 e. The summed E-state index contributed by atoms with van der Waals surface area (Å²) in [6.07, 6.45) is 5.55. The first-order chi connectivity index (χ1) is 15.9. The van der Waals surface area contributed by atoms with Gasteiger partial charge in [-0.25, -0.2) is 19.3 Å². The first kappa shape index (κ1) is 21.0. The molecular weight excluding hydrogens is 417 g/mol. The molecule has 5 rings (SSSR count). The van der Waals surface area contributed by atoms with Gasteiger partial charge >= 0.3 is 0 Å². The molecule has 0 unspecified atom stereocenters. The Bertz CT molecular complexity index is 1450. The largest absolute Gasteiger partial charge is 0.441 e. The molecule has 0 bridgehead atoms. The van der Waals surface area contributed by atoms with Crippen molar-refractivity contribution < 1.29 is 8.81 Å². The highest BCUT2D eigenvalue weighted by Gasteiger charge is 2.16. The molecule has 0 atom stereocenters. The molecule has 3 aromatic heterocycles. The first-order valence-electron chi connectivity index (χ1n) is 10.7. The van der Waals surface area contributed by atoms with Crippen LogP contribution in [0.4, 0.5) is 4.39 Å². The van der Waals surface area contributed by atoms with Gasteiger partial charge in [-0.05, 0) is 50.3 Å². The summed E-state index contributed by atoms with van der Waals surface area (Å²) in [4.78, 5) is 15.5. The van der Waals surface area contributed by atoms with Crippen LogP contribution in [-0.4, -0.2) is 38.3 Å². The van der Waals surface area contributed by atoms with E-state index in [9.17, 15) is 4.39 Å². The van der Waals surface area contributed by atoms with Crippen LogP contribution in [-0.2, 0) is 6.54 Å². The van der Waals surface area contributed by atoms with Crippen molar-refractivity contribution in [2.75, 3.05) is 14.1 Å². The van der Waals surface area contributed by atoms with E-state index in [1.165, 1.54) is 11.6 Å². The molecule has 33 heavy (non-hydrogen) atoms. The number of hydrogen-bond acceptors (Lipinski definition) is 5.